The highest BCUT2D eigenvalue weighted by Gasteiger charge is 2.69. The fourth-order valence-corrected chi connectivity index (χ4v) is 7.37. The Labute approximate surface area is 237 Å². The number of aliphatic hydroxyl groups is 2. The zero-order valence-electron chi connectivity index (χ0n) is 23.0. The Morgan fingerprint density at radius 2 is 1.76 bits per heavy atom. The standard InChI is InChI=1S/C31H35FN2O7/c1-34(2)25-20-14-17-13-19-18(16-8-6-15(7-9-16)5-3-4-12-32)10-11-21(35)23(19)26(36)22(17)28(38)31(20,41)29(39)24(27(25)37)30(33)40/h6-11,17,20,22,24-25,27,35,37,41H,3-5,12-14H2,1-2H3,(H2,33,40)/t17-,20-,22?,24?,25?,27?,31-/m1/s1. The van der Waals surface area contributed by atoms with E-state index in [2.05, 4.69) is 0 Å². The van der Waals surface area contributed by atoms with Crippen molar-refractivity contribution in [3.05, 3.63) is 53.1 Å². The van der Waals surface area contributed by atoms with Gasteiger partial charge in [-0.2, -0.15) is 0 Å². The van der Waals surface area contributed by atoms with E-state index in [1.165, 1.54) is 6.07 Å². The summed E-state index contributed by atoms with van der Waals surface area (Å²) in [5.41, 5.74) is 5.84. The predicted molar refractivity (Wildman–Crippen MR) is 147 cm³/mol. The summed E-state index contributed by atoms with van der Waals surface area (Å²) in [6.45, 7) is -0.358. The Morgan fingerprint density at radius 1 is 1.07 bits per heavy atom. The molecule has 0 aliphatic heterocycles. The predicted octanol–water partition coefficient (Wildman–Crippen LogP) is 1.62. The number of aliphatic hydroxyl groups excluding tert-OH is 1. The molecular formula is C31H35FN2O7. The molecule has 9 nitrogen and oxygen atoms in total. The van der Waals surface area contributed by atoms with Gasteiger partial charge in [-0.15, -0.1) is 0 Å². The number of halogens is 1. The number of ketones is 3. The van der Waals surface area contributed by atoms with E-state index in [1.807, 2.05) is 24.3 Å². The molecule has 4 unspecified atom stereocenters. The maximum Gasteiger partial charge on any atom is 0.230 e. The summed E-state index contributed by atoms with van der Waals surface area (Å²) in [4.78, 5) is 55.0. The second kappa shape index (κ2) is 10.7. The summed E-state index contributed by atoms with van der Waals surface area (Å²) in [5.74, 6) is -9.27. The molecule has 0 saturated heterocycles. The molecule has 1 amide bonds. The average Bonchev–Trinajstić information content (AvgIpc) is 2.91. The number of aryl methyl sites for hydroxylation is 1. The van der Waals surface area contributed by atoms with Crippen LogP contribution in [0.25, 0.3) is 11.1 Å². The SMILES string of the molecule is CN(C)C1C(O)C(C(N)=O)C(=O)[C@]2(O)C(=O)C3C(=O)c4c(O)ccc(-c5ccc(CCCCF)cc5)c4C[C@@H]3C[C@H]12. The molecule has 2 aromatic carbocycles. The number of carbonyl (C=O) groups excluding carboxylic acids is 4. The van der Waals surface area contributed by atoms with E-state index in [9.17, 15) is 38.9 Å². The minimum atomic E-state index is -2.69. The van der Waals surface area contributed by atoms with E-state index < -0.39 is 64.7 Å². The molecule has 0 spiro atoms. The van der Waals surface area contributed by atoms with Crippen LogP contribution in [-0.2, 0) is 27.2 Å². The lowest BCUT2D eigenvalue weighted by atomic mass is 9.52. The first-order valence-electron chi connectivity index (χ1n) is 13.9. The van der Waals surface area contributed by atoms with Crippen LogP contribution >= 0.6 is 0 Å². The maximum absolute atomic E-state index is 14.0. The van der Waals surface area contributed by atoms with Crippen LogP contribution in [-0.4, -0.2) is 82.0 Å². The number of hydrogen-bond acceptors (Lipinski definition) is 8. The number of carbonyl (C=O) groups is 4. The highest BCUT2D eigenvalue weighted by molar-refractivity contribution is 6.25. The van der Waals surface area contributed by atoms with Crippen LogP contribution in [0.15, 0.2) is 36.4 Å². The number of nitrogens with two attached hydrogens (primary N) is 1. The first kappa shape index (κ1) is 29.0. The lowest BCUT2D eigenvalue weighted by Crippen LogP contribution is -2.75. The summed E-state index contributed by atoms with van der Waals surface area (Å²) in [6.07, 6.45) is 0.690. The van der Waals surface area contributed by atoms with Gasteiger partial charge in [-0.05, 0) is 80.4 Å². The number of Topliss-reactive ketones (excluding diaryl/α,β-unsaturated/α-hetero) is 3. The first-order chi connectivity index (χ1) is 19.4. The second-order valence-corrected chi connectivity index (χ2v) is 11.8. The quantitative estimate of drug-likeness (QED) is 0.291. The zero-order chi connectivity index (χ0) is 29.8. The van der Waals surface area contributed by atoms with E-state index in [0.717, 1.165) is 24.0 Å². The van der Waals surface area contributed by atoms with Crippen LogP contribution in [0.5, 0.6) is 5.75 Å². The van der Waals surface area contributed by atoms with Gasteiger partial charge in [0.15, 0.2) is 23.0 Å². The Morgan fingerprint density at radius 3 is 2.37 bits per heavy atom. The number of alkyl halides is 1. The molecule has 5 rings (SSSR count). The summed E-state index contributed by atoms with van der Waals surface area (Å²) < 4.78 is 12.5. The van der Waals surface area contributed by atoms with Crippen molar-refractivity contribution in [2.45, 2.75) is 49.9 Å². The molecule has 7 atom stereocenters. The van der Waals surface area contributed by atoms with Crippen LogP contribution < -0.4 is 5.73 Å². The number of phenolic OH excluding ortho intramolecular Hbond substituents is 1. The minimum Gasteiger partial charge on any atom is -0.507 e. The maximum atomic E-state index is 14.0. The van der Waals surface area contributed by atoms with E-state index in [0.29, 0.717) is 17.5 Å². The van der Waals surface area contributed by atoms with Gasteiger partial charge in [0.05, 0.1) is 24.3 Å². The third-order valence-corrected chi connectivity index (χ3v) is 9.29. The van der Waals surface area contributed by atoms with Crippen molar-refractivity contribution in [2.75, 3.05) is 20.8 Å². The van der Waals surface area contributed by atoms with Crippen molar-refractivity contribution in [1.29, 1.82) is 0 Å². The van der Waals surface area contributed by atoms with Gasteiger partial charge in [-0.25, -0.2) is 0 Å². The largest absolute Gasteiger partial charge is 0.507 e. The molecule has 2 saturated carbocycles. The zero-order valence-corrected chi connectivity index (χ0v) is 23.0. The summed E-state index contributed by atoms with van der Waals surface area (Å²) in [5, 5.41) is 33.5. The molecule has 0 heterocycles. The molecule has 0 radical (unpaired) electrons. The van der Waals surface area contributed by atoms with Gasteiger partial charge < -0.3 is 26.0 Å². The highest BCUT2D eigenvalue weighted by atomic mass is 19.1. The molecule has 218 valence electrons. The molecule has 3 aliphatic rings. The molecule has 41 heavy (non-hydrogen) atoms. The number of phenols is 1. The summed E-state index contributed by atoms with van der Waals surface area (Å²) in [7, 11) is 3.22. The molecule has 3 aliphatic carbocycles. The summed E-state index contributed by atoms with van der Waals surface area (Å²) >= 11 is 0. The number of unbranched alkanes of at least 4 members (excludes halogenated alkanes) is 1. The molecular weight excluding hydrogens is 531 g/mol. The van der Waals surface area contributed by atoms with Gasteiger partial charge in [-0.3, -0.25) is 23.6 Å². The van der Waals surface area contributed by atoms with E-state index in [1.54, 1.807) is 25.1 Å². The van der Waals surface area contributed by atoms with Crippen molar-refractivity contribution >= 4 is 23.3 Å². The van der Waals surface area contributed by atoms with Crippen LogP contribution in [0, 0.1) is 23.7 Å². The lowest BCUT2D eigenvalue weighted by molar-refractivity contribution is -0.190. The normalized spacial score (nSPS) is 31.0. The molecule has 2 aromatic rings. The molecule has 0 aromatic heterocycles. The molecule has 5 N–H and O–H groups in total. The number of rotatable bonds is 7. The van der Waals surface area contributed by atoms with Gasteiger partial charge in [0.2, 0.25) is 5.91 Å². The van der Waals surface area contributed by atoms with Crippen molar-refractivity contribution in [1.82, 2.24) is 4.90 Å². The van der Waals surface area contributed by atoms with E-state index in [-0.39, 0.29) is 30.8 Å². The number of aromatic hydroxyl groups is 1. The van der Waals surface area contributed by atoms with Crippen molar-refractivity contribution in [3.8, 4) is 16.9 Å². The number of likely N-dealkylation sites (N-methyl/N-ethyl adjacent to an activating group) is 1. The van der Waals surface area contributed by atoms with Gasteiger partial charge in [-0.1, -0.05) is 30.3 Å². The molecule has 0 bridgehead atoms. The van der Waals surface area contributed by atoms with Gasteiger partial charge in [0.1, 0.15) is 11.7 Å². The third-order valence-electron chi connectivity index (χ3n) is 9.29. The number of amides is 1. The number of nitrogens with zero attached hydrogens (tertiary/aromatic N) is 1. The molecule has 10 heteroatoms. The van der Waals surface area contributed by atoms with Crippen molar-refractivity contribution in [3.63, 3.8) is 0 Å². The number of primary amides is 1. The monoisotopic (exact) mass is 566 g/mol. The van der Waals surface area contributed by atoms with Crippen LogP contribution in [0.4, 0.5) is 4.39 Å². The third kappa shape index (κ3) is 4.49. The van der Waals surface area contributed by atoms with Crippen molar-refractivity contribution in [2.24, 2.45) is 29.4 Å². The summed E-state index contributed by atoms with van der Waals surface area (Å²) in [6, 6.07) is 9.84. The smallest absolute Gasteiger partial charge is 0.230 e. The number of benzene rings is 2. The van der Waals surface area contributed by atoms with Gasteiger partial charge in [0.25, 0.3) is 0 Å². The Balaban J connectivity index is 1.56. The fraction of sp³-hybridized carbons (Fsp3) is 0.484. The number of fused-ring (bicyclic) bond motifs is 3. The molecule has 2 fully saturated rings. The van der Waals surface area contributed by atoms with Gasteiger partial charge in [0, 0.05) is 12.0 Å². The highest BCUT2D eigenvalue weighted by Crippen LogP contribution is 2.52. The Hall–Kier alpha value is -3.47. The average molecular weight is 567 g/mol. The van der Waals surface area contributed by atoms with Gasteiger partial charge >= 0.3 is 0 Å². The van der Waals surface area contributed by atoms with E-state index >= 15 is 0 Å². The fourth-order valence-electron chi connectivity index (χ4n) is 7.37. The van der Waals surface area contributed by atoms with Crippen LogP contribution in [0.2, 0.25) is 0 Å². The Kier molecular flexibility index (Phi) is 7.61. The topological polar surface area (TPSA) is 158 Å². The van der Waals surface area contributed by atoms with E-state index in [4.69, 9.17) is 5.73 Å². The minimum absolute atomic E-state index is 0.0231. The lowest BCUT2D eigenvalue weighted by Gasteiger charge is -2.54. The van der Waals surface area contributed by atoms with Crippen LogP contribution in [0.1, 0.15) is 40.7 Å². The first-order valence-corrected chi connectivity index (χ1v) is 13.9. The number of hydrogen-bond donors (Lipinski definition) is 4. The Bertz CT molecular complexity index is 1410. The van der Waals surface area contributed by atoms with Crippen molar-refractivity contribution < 1.29 is 38.9 Å². The van der Waals surface area contributed by atoms with Crippen LogP contribution in [0.3, 0.4) is 0 Å². The second-order valence-electron chi connectivity index (χ2n) is 11.8.